The lowest BCUT2D eigenvalue weighted by Crippen LogP contribution is -2.53. The summed E-state index contributed by atoms with van der Waals surface area (Å²) in [6, 6.07) is 1.18. The van der Waals surface area contributed by atoms with Crippen LogP contribution in [0.2, 0.25) is 0 Å². The molecule has 2 aromatic rings. The number of carboxylic acids is 1. The van der Waals surface area contributed by atoms with E-state index in [1.807, 2.05) is 0 Å². The minimum Gasteiger partial charge on any atom is -0.504 e. The van der Waals surface area contributed by atoms with Crippen LogP contribution in [0, 0.1) is 0 Å². The van der Waals surface area contributed by atoms with Crippen LogP contribution in [-0.4, -0.2) is 189 Å². The maximum Gasteiger partial charge on any atom is 0.326 e. The van der Waals surface area contributed by atoms with Crippen LogP contribution in [0.15, 0.2) is 46.4 Å². The molecular weight excluding hydrogens is 987 g/mol. The molecule has 406 valence electrons. The zero-order chi connectivity index (χ0) is 55.5. The van der Waals surface area contributed by atoms with Gasteiger partial charge < -0.3 is 96.1 Å². The topological polar surface area (TPSA) is 541 Å². The van der Waals surface area contributed by atoms with Crippen molar-refractivity contribution in [3.8, 4) is 23.0 Å². The van der Waals surface area contributed by atoms with Gasteiger partial charge in [-0.3, -0.25) is 58.3 Å². The van der Waals surface area contributed by atoms with Gasteiger partial charge in [-0.2, -0.15) is 0 Å². The first-order valence-corrected chi connectivity index (χ1v) is 22.2. The highest BCUT2D eigenvalue weighted by Gasteiger charge is 2.28. The molecular formula is C42H61N15O17. The molecule has 2 rings (SSSR count). The third-order valence-corrected chi connectivity index (χ3v) is 9.96. The Morgan fingerprint density at radius 1 is 0.527 bits per heavy atom. The Kier molecular flexibility index (Phi) is 25.7. The molecule has 9 amide bonds. The lowest BCUT2D eigenvalue weighted by Gasteiger charge is -2.22. The fraction of sp³-hybridized carbons (Fsp3) is 0.429. The maximum atomic E-state index is 13.0. The summed E-state index contributed by atoms with van der Waals surface area (Å²) in [5.41, 5.74) is 20.5. The fourth-order valence-corrected chi connectivity index (χ4v) is 6.18. The van der Waals surface area contributed by atoms with E-state index in [-0.39, 0.29) is 73.3 Å². The number of nitrogens with zero attached hydrogens (tertiary/aromatic N) is 3. The van der Waals surface area contributed by atoms with Crippen molar-refractivity contribution in [1.29, 1.82) is 0 Å². The highest BCUT2D eigenvalue weighted by atomic mass is 16.5. The van der Waals surface area contributed by atoms with Gasteiger partial charge in [-0.25, -0.2) is 9.86 Å². The van der Waals surface area contributed by atoms with E-state index in [1.54, 1.807) is 0 Å². The molecule has 0 aliphatic carbocycles. The van der Waals surface area contributed by atoms with E-state index in [9.17, 15) is 83.8 Å². The second-order valence-electron chi connectivity index (χ2n) is 15.7. The number of nitrogens with one attached hydrogen (secondary N) is 8. The number of carboxylic acid groups (broad SMARTS) is 1. The number of aliphatic hydroxyl groups is 1. The number of phenolic OH excluding ortho intramolecular Hbond substituents is 4. The minimum absolute atomic E-state index is 0.0536. The van der Waals surface area contributed by atoms with Crippen LogP contribution in [0.25, 0.3) is 0 Å². The molecule has 0 spiro atoms. The first kappa shape index (κ1) is 60.9. The molecule has 0 fully saturated rings. The molecule has 23 N–H and O–H groups in total. The Hall–Kier alpha value is -9.20. The standard InChI is InChI=1S/C42H61N15O17/c43-41(44)47-13-3-8-23(55-35(67)21-6-1-11-27(59)33(21)65)37(69)51-16-29(61)49-18-31(63)53-25(40(72)73)10-5-15-57(74)39(71)26(20-58)54-32(64)19-50-30(62)17-52-38(70)24(9-4-14-48-42(45)46)56-36(68)22-7-2-12-28(60)34(22)66/h1-2,6-7,11-12,23-26,58-60,65-66,74H,3-5,8-10,13-20H2,(H,49,61)(H,50,62)(H,51,69)(H,52,70)(H,53,63)(H,54,64)(H,55,67)(H,56,68)(H,72,73)(H4,43,44,47)(H4,45,46,48). The molecule has 0 saturated carbocycles. The number of carbonyl (C=O) groups is 10. The highest BCUT2D eigenvalue weighted by molar-refractivity contribution is 6.02. The Morgan fingerprint density at radius 3 is 1.31 bits per heavy atom. The number of phenols is 4. The van der Waals surface area contributed by atoms with Crippen LogP contribution in [-0.2, 0) is 38.4 Å². The van der Waals surface area contributed by atoms with E-state index in [0.29, 0.717) is 0 Å². The van der Waals surface area contributed by atoms with Gasteiger partial charge in [0.05, 0.1) is 43.9 Å². The lowest BCUT2D eigenvalue weighted by molar-refractivity contribution is -0.169. The molecule has 32 nitrogen and oxygen atoms in total. The van der Waals surface area contributed by atoms with Crippen LogP contribution in [0.5, 0.6) is 23.0 Å². The number of para-hydroxylation sites is 2. The number of nitrogens with two attached hydrogens (primary N) is 4. The minimum atomic E-state index is -1.76. The number of amides is 9. The zero-order valence-electron chi connectivity index (χ0n) is 39.5. The van der Waals surface area contributed by atoms with Crippen LogP contribution in [0.1, 0.15) is 59.2 Å². The smallest absolute Gasteiger partial charge is 0.326 e. The Bertz CT molecular complexity index is 2400. The molecule has 2 aromatic carbocycles. The highest BCUT2D eigenvalue weighted by Crippen LogP contribution is 2.29. The van der Waals surface area contributed by atoms with Gasteiger partial charge >= 0.3 is 5.97 Å². The number of rotatable bonds is 31. The number of hydrogen-bond acceptors (Lipinski definition) is 18. The van der Waals surface area contributed by atoms with Crippen molar-refractivity contribution in [3.63, 3.8) is 0 Å². The number of aliphatic carboxylic acids is 1. The van der Waals surface area contributed by atoms with Crippen LogP contribution in [0.4, 0.5) is 0 Å². The van der Waals surface area contributed by atoms with Crippen LogP contribution in [0.3, 0.4) is 0 Å². The number of carbonyl (C=O) groups excluding carboxylic acids is 9. The van der Waals surface area contributed by atoms with E-state index in [2.05, 4.69) is 52.5 Å². The van der Waals surface area contributed by atoms with Gasteiger partial charge in [0.2, 0.25) is 35.4 Å². The van der Waals surface area contributed by atoms with Gasteiger partial charge in [-0.05, 0) is 62.8 Å². The molecule has 74 heavy (non-hydrogen) atoms. The normalized spacial score (nSPS) is 12.1. The molecule has 0 aliphatic rings. The van der Waals surface area contributed by atoms with Gasteiger partial charge in [0.1, 0.15) is 24.2 Å². The average molecular weight is 1050 g/mol. The number of aliphatic hydroxyl groups excluding tert-OH is 1. The lowest BCUT2D eigenvalue weighted by atomic mass is 10.1. The van der Waals surface area contributed by atoms with Gasteiger partial charge in [0.15, 0.2) is 34.9 Å². The molecule has 4 atom stereocenters. The summed E-state index contributed by atoms with van der Waals surface area (Å²) >= 11 is 0. The molecule has 0 saturated heterocycles. The Morgan fingerprint density at radius 2 is 0.919 bits per heavy atom. The first-order valence-electron chi connectivity index (χ1n) is 22.2. The third-order valence-electron chi connectivity index (χ3n) is 9.96. The third kappa shape index (κ3) is 21.8. The average Bonchev–Trinajstić information content (AvgIpc) is 3.35. The summed E-state index contributed by atoms with van der Waals surface area (Å²) in [6.07, 6.45) is -0.441. The fourth-order valence-electron chi connectivity index (χ4n) is 6.18. The van der Waals surface area contributed by atoms with Crippen molar-refractivity contribution < 1.29 is 83.8 Å². The first-order chi connectivity index (χ1) is 34.9. The Balaban J connectivity index is 1.84. The van der Waals surface area contributed by atoms with Gasteiger partial charge in [-0.15, -0.1) is 0 Å². The summed E-state index contributed by atoms with van der Waals surface area (Å²) in [6.45, 7) is -4.52. The van der Waals surface area contributed by atoms with Gasteiger partial charge in [0, 0.05) is 19.6 Å². The van der Waals surface area contributed by atoms with Gasteiger partial charge in [-0.1, -0.05) is 12.1 Å². The van der Waals surface area contributed by atoms with E-state index in [4.69, 9.17) is 22.9 Å². The van der Waals surface area contributed by atoms with Crippen molar-refractivity contribution in [3.05, 3.63) is 47.5 Å². The van der Waals surface area contributed by atoms with E-state index in [1.165, 1.54) is 24.3 Å². The van der Waals surface area contributed by atoms with Crippen molar-refractivity contribution in [1.82, 2.24) is 47.6 Å². The molecule has 0 bridgehead atoms. The van der Waals surface area contributed by atoms with E-state index >= 15 is 0 Å². The van der Waals surface area contributed by atoms with Crippen molar-refractivity contribution in [2.75, 3.05) is 52.4 Å². The summed E-state index contributed by atoms with van der Waals surface area (Å²) in [5, 5.41) is 87.2. The number of hydrogen-bond donors (Lipinski definition) is 19. The number of hydroxylamine groups is 2. The van der Waals surface area contributed by atoms with Crippen LogP contribution >= 0.6 is 0 Å². The molecule has 0 aromatic heterocycles. The number of benzene rings is 2. The SMILES string of the molecule is NC(N)=NCCCC(NC(=O)c1cccc(O)c1O)C(=O)NCC(=O)NCC(=O)NC(CCCN(O)C(=O)C(CO)NC(=O)CNC(=O)CNC(=O)C(CCCN=C(N)N)NC(=O)c1cccc(O)c1O)C(=O)O. The predicted octanol–water partition coefficient (Wildman–Crippen LogP) is -6.98. The number of aliphatic imine (C=N–C) groups is 2. The summed E-state index contributed by atoms with van der Waals surface area (Å²) in [7, 11) is 0. The van der Waals surface area contributed by atoms with Gasteiger partial charge in [0.25, 0.3) is 17.7 Å². The maximum absolute atomic E-state index is 13.0. The number of aromatic hydroxyl groups is 4. The molecule has 0 aliphatic heterocycles. The monoisotopic (exact) mass is 1050 g/mol. The van der Waals surface area contributed by atoms with Crippen molar-refractivity contribution in [2.24, 2.45) is 32.9 Å². The molecule has 0 radical (unpaired) electrons. The second kappa shape index (κ2) is 31.2. The summed E-state index contributed by atoms with van der Waals surface area (Å²) < 4.78 is 0. The van der Waals surface area contributed by atoms with E-state index < -0.39 is 152 Å². The van der Waals surface area contributed by atoms with E-state index in [0.717, 1.165) is 12.1 Å². The zero-order valence-corrected chi connectivity index (χ0v) is 39.5. The summed E-state index contributed by atoms with van der Waals surface area (Å²) in [4.78, 5) is 134. The van der Waals surface area contributed by atoms with Crippen molar-refractivity contribution >= 4 is 71.1 Å². The van der Waals surface area contributed by atoms with Crippen molar-refractivity contribution in [2.45, 2.75) is 62.7 Å². The number of guanidine groups is 2. The Labute approximate surface area is 420 Å². The second-order valence-corrected chi connectivity index (χ2v) is 15.7. The molecule has 0 heterocycles. The quantitative estimate of drug-likeness (QED) is 0.00833. The molecule has 4 unspecified atom stereocenters. The predicted molar refractivity (Wildman–Crippen MR) is 255 cm³/mol. The van der Waals surface area contributed by atoms with Crippen LogP contribution < -0.4 is 65.5 Å². The largest absolute Gasteiger partial charge is 0.504 e. The molecule has 32 heteroatoms. The summed E-state index contributed by atoms with van der Waals surface area (Å²) in [5.74, 6) is -13.5.